The van der Waals surface area contributed by atoms with Crippen LogP contribution in [0, 0.1) is 0 Å². The second kappa shape index (κ2) is 6.89. The van der Waals surface area contributed by atoms with E-state index in [1.54, 1.807) is 6.20 Å². The maximum absolute atomic E-state index is 10.2. The zero-order valence-electron chi connectivity index (χ0n) is 12.1. The highest BCUT2D eigenvalue weighted by Gasteiger charge is 2.07. The third kappa shape index (κ3) is 3.47. The molecule has 1 heterocycles. The van der Waals surface area contributed by atoms with Gasteiger partial charge in [-0.05, 0) is 31.4 Å². The minimum absolute atomic E-state index is 0.367. The molecule has 4 nitrogen and oxygen atoms in total. The number of phenols is 1. The molecule has 106 valence electrons. The van der Waals surface area contributed by atoms with Crippen LogP contribution >= 0.6 is 0 Å². The Balaban J connectivity index is 1.96. The zero-order valence-corrected chi connectivity index (χ0v) is 12.1. The van der Waals surface area contributed by atoms with Crippen LogP contribution in [0.1, 0.15) is 31.4 Å². The average Bonchev–Trinajstić information content (AvgIpc) is 2.97. The highest BCUT2D eigenvalue weighted by atomic mass is 16.3. The van der Waals surface area contributed by atoms with Crippen LogP contribution in [0.15, 0.2) is 41.9 Å². The van der Waals surface area contributed by atoms with Crippen LogP contribution in [0.5, 0.6) is 5.75 Å². The number of imidazole rings is 1. The number of nitrogens with zero attached hydrogens (tertiary/aromatic N) is 3. The van der Waals surface area contributed by atoms with Gasteiger partial charge in [0.2, 0.25) is 0 Å². The fourth-order valence-corrected chi connectivity index (χ4v) is 2.17. The molecule has 1 N–H and O–H groups in total. The molecule has 2 rings (SSSR count). The van der Waals surface area contributed by atoms with Crippen molar-refractivity contribution in [3.63, 3.8) is 0 Å². The van der Waals surface area contributed by atoms with E-state index in [4.69, 9.17) is 0 Å². The van der Waals surface area contributed by atoms with Gasteiger partial charge in [0.25, 0.3) is 0 Å². The lowest BCUT2D eigenvalue weighted by Gasteiger charge is -2.08. The van der Waals surface area contributed by atoms with Crippen LogP contribution in [0.2, 0.25) is 0 Å². The molecule has 0 aliphatic rings. The molecule has 0 spiro atoms. The van der Waals surface area contributed by atoms with E-state index in [0.717, 1.165) is 42.8 Å². The van der Waals surface area contributed by atoms with Gasteiger partial charge in [-0.1, -0.05) is 19.1 Å². The van der Waals surface area contributed by atoms with Crippen molar-refractivity contribution in [3.8, 4) is 5.75 Å². The summed E-state index contributed by atoms with van der Waals surface area (Å²) < 4.78 is 2.04. The van der Waals surface area contributed by atoms with Crippen LogP contribution < -0.4 is 0 Å². The zero-order chi connectivity index (χ0) is 14.4. The van der Waals surface area contributed by atoms with Crippen LogP contribution in [-0.2, 0) is 13.0 Å². The minimum atomic E-state index is 0.367. The van der Waals surface area contributed by atoms with Gasteiger partial charge in [0.05, 0.1) is 6.33 Å². The summed E-state index contributed by atoms with van der Waals surface area (Å²) in [5, 5.41) is 10.2. The maximum Gasteiger partial charge on any atom is 0.127 e. The Morgan fingerprint density at radius 2 is 2.25 bits per heavy atom. The Morgan fingerprint density at radius 3 is 2.95 bits per heavy atom. The first kappa shape index (κ1) is 14.3. The molecule has 2 aromatic rings. The number of aromatic hydroxyl groups is 1. The number of phenolic OH excluding ortho intramolecular Hbond substituents is 1. The summed E-state index contributed by atoms with van der Waals surface area (Å²) in [5.41, 5.74) is 2.70. The third-order valence-electron chi connectivity index (χ3n) is 3.37. The Morgan fingerprint density at radius 1 is 1.40 bits per heavy atom. The molecule has 0 saturated carbocycles. The highest BCUT2D eigenvalue weighted by Crippen LogP contribution is 2.23. The summed E-state index contributed by atoms with van der Waals surface area (Å²) >= 11 is 0. The molecule has 1 aromatic carbocycles. The Labute approximate surface area is 119 Å². The van der Waals surface area contributed by atoms with Crippen molar-refractivity contribution < 1.29 is 5.11 Å². The van der Waals surface area contributed by atoms with E-state index in [2.05, 4.69) is 9.98 Å². The number of para-hydroxylation sites is 1. The van der Waals surface area contributed by atoms with E-state index in [-0.39, 0.29) is 0 Å². The Bertz CT molecular complexity index is 573. The second-order valence-corrected chi connectivity index (χ2v) is 4.79. The van der Waals surface area contributed by atoms with Crippen molar-refractivity contribution in [1.82, 2.24) is 9.55 Å². The molecule has 0 fully saturated rings. The van der Waals surface area contributed by atoms with E-state index >= 15 is 0 Å². The second-order valence-electron chi connectivity index (χ2n) is 4.79. The lowest BCUT2D eigenvalue weighted by molar-refractivity contribution is 0.467. The predicted molar refractivity (Wildman–Crippen MR) is 81.4 cm³/mol. The maximum atomic E-state index is 10.2. The third-order valence-corrected chi connectivity index (χ3v) is 3.37. The molecule has 0 atom stereocenters. The highest BCUT2D eigenvalue weighted by molar-refractivity contribution is 6.01. The first-order valence-corrected chi connectivity index (χ1v) is 7.00. The quantitative estimate of drug-likeness (QED) is 0.648. The first-order chi connectivity index (χ1) is 9.72. The fraction of sp³-hybridized carbons (Fsp3) is 0.375. The van der Waals surface area contributed by atoms with E-state index in [1.807, 2.05) is 49.1 Å². The van der Waals surface area contributed by atoms with Crippen molar-refractivity contribution in [2.75, 3.05) is 6.54 Å². The smallest absolute Gasteiger partial charge is 0.127 e. The van der Waals surface area contributed by atoms with Gasteiger partial charge in [0, 0.05) is 36.8 Å². The van der Waals surface area contributed by atoms with Crippen LogP contribution in [0.25, 0.3) is 0 Å². The average molecular weight is 271 g/mol. The molecule has 4 heteroatoms. The molecule has 1 aromatic heterocycles. The van der Waals surface area contributed by atoms with Crippen molar-refractivity contribution >= 4 is 5.71 Å². The standard InChI is InChI=1S/C16H21N3O/c1-3-14-6-4-7-15(16(14)20)13(2)18-8-5-10-19-11-9-17-12-19/h4,6-7,9,11-12,20H,3,5,8,10H2,1-2H3/b18-13-. The number of hydrogen-bond donors (Lipinski definition) is 1. The SMILES string of the molecule is CCc1cccc(/C(C)=N\CCCn2ccnc2)c1O. The molecule has 0 aliphatic heterocycles. The van der Waals surface area contributed by atoms with Gasteiger partial charge in [0.15, 0.2) is 0 Å². The summed E-state index contributed by atoms with van der Waals surface area (Å²) in [5.74, 6) is 0.367. The van der Waals surface area contributed by atoms with E-state index in [0.29, 0.717) is 5.75 Å². The van der Waals surface area contributed by atoms with Crippen molar-refractivity contribution in [2.24, 2.45) is 4.99 Å². The summed E-state index contributed by atoms with van der Waals surface area (Å²) in [6, 6.07) is 5.84. The van der Waals surface area contributed by atoms with Crippen molar-refractivity contribution in [2.45, 2.75) is 33.2 Å². The molecule has 20 heavy (non-hydrogen) atoms. The number of aliphatic imine (C=N–C) groups is 1. The number of aromatic nitrogens is 2. The molecule has 0 bridgehead atoms. The molecule has 0 amide bonds. The van der Waals surface area contributed by atoms with Crippen LogP contribution in [-0.4, -0.2) is 26.9 Å². The normalized spacial score (nSPS) is 11.8. The lowest BCUT2D eigenvalue weighted by Crippen LogP contribution is -2.01. The van der Waals surface area contributed by atoms with E-state index < -0.39 is 0 Å². The first-order valence-electron chi connectivity index (χ1n) is 7.00. The van der Waals surface area contributed by atoms with Gasteiger partial charge in [-0.2, -0.15) is 0 Å². The largest absolute Gasteiger partial charge is 0.507 e. The van der Waals surface area contributed by atoms with Gasteiger partial charge in [-0.15, -0.1) is 0 Å². The number of aryl methyl sites for hydroxylation is 2. The van der Waals surface area contributed by atoms with Gasteiger partial charge in [-0.3, -0.25) is 4.99 Å². The summed E-state index contributed by atoms with van der Waals surface area (Å²) in [7, 11) is 0. The fourth-order valence-electron chi connectivity index (χ4n) is 2.17. The van der Waals surface area contributed by atoms with Crippen molar-refractivity contribution in [3.05, 3.63) is 48.0 Å². The van der Waals surface area contributed by atoms with Crippen molar-refractivity contribution in [1.29, 1.82) is 0 Å². The Kier molecular flexibility index (Phi) is 4.93. The Hall–Kier alpha value is -2.10. The van der Waals surface area contributed by atoms with Gasteiger partial charge in [0.1, 0.15) is 5.75 Å². The topological polar surface area (TPSA) is 50.4 Å². The predicted octanol–water partition coefficient (Wildman–Crippen LogP) is 3.05. The molecular weight excluding hydrogens is 250 g/mol. The summed E-state index contributed by atoms with van der Waals surface area (Å²) in [4.78, 5) is 8.56. The van der Waals surface area contributed by atoms with E-state index in [1.165, 1.54) is 0 Å². The summed E-state index contributed by atoms with van der Waals surface area (Å²) in [6.07, 6.45) is 7.33. The molecule has 0 unspecified atom stereocenters. The molecule has 0 saturated heterocycles. The number of rotatable bonds is 6. The van der Waals surface area contributed by atoms with E-state index in [9.17, 15) is 5.11 Å². The molecule has 0 aliphatic carbocycles. The van der Waals surface area contributed by atoms with Gasteiger partial charge < -0.3 is 9.67 Å². The van der Waals surface area contributed by atoms with Crippen LogP contribution in [0.4, 0.5) is 0 Å². The monoisotopic (exact) mass is 271 g/mol. The number of hydrogen-bond acceptors (Lipinski definition) is 3. The minimum Gasteiger partial charge on any atom is -0.507 e. The number of benzene rings is 1. The van der Waals surface area contributed by atoms with Gasteiger partial charge >= 0.3 is 0 Å². The molecule has 0 radical (unpaired) electrons. The lowest BCUT2D eigenvalue weighted by atomic mass is 10.0. The molecular formula is C16H21N3O. The van der Waals surface area contributed by atoms with Crippen LogP contribution in [0.3, 0.4) is 0 Å². The van der Waals surface area contributed by atoms with Gasteiger partial charge in [-0.25, -0.2) is 4.98 Å². The summed E-state index contributed by atoms with van der Waals surface area (Å²) in [6.45, 7) is 5.65.